The molecule has 0 saturated heterocycles. The Bertz CT molecular complexity index is 377. The molecule has 2 heteroatoms. The molecule has 1 aromatic heterocycles. The van der Waals surface area contributed by atoms with Gasteiger partial charge in [-0.1, -0.05) is 19.9 Å². The fourth-order valence-corrected chi connectivity index (χ4v) is 2.48. The summed E-state index contributed by atoms with van der Waals surface area (Å²) in [5.74, 6) is 0.608. The van der Waals surface area contributed by atoms with E-state index in [1.54, 1.807) is 11.3 Å². The topological polar surface area (TPSA) is 12.4 Å². The first-order valence-electron chi connectivity index (χ1n) is 4.44. The monoisotopic (exact) mass is 179 g/mol. The molecule has 0 fully saturated rings. The van der Waals surface area contributed by atoms with Crippen molar-refractivity contribution in [3.05, 3.63) is 21.3 Å². The van der Waals surface area contributed by atoms with Crippen LogP contribution >= 0.6 is 11.3 Å². The van der Waals surface area contributed by atoms with Gasteiger partial charge in [0.2, 0.25) is 0 Å². The van der Waals surface area contributed by atoms with E-state index in [-0.39, 0.29) is 0 Å². The van der Waals surface area contributed by atoms with Crippen molar-refractivity contribution in [3.63, 3.8) is 0 Å². The second kappa shape index (κ2) is 3.02. The molecule has 1 aliphatic rings. The molecule has 2 rings (SSSR count). The molecule has 12 heavy (non-hydrogen) atoms. The second-order valence-corrected chi connectivity index (χ2v) is 4.21. The minimum absolute atomic E-state index is 0.510. The van der Waals surface area contributed by atoms with Crippen molar-refractivity contribution < 1.29 is 0 Å². The van der Waals surface area contributed by atoms with Gasteiger partial charge in [-0.2, -0.15) is 0 Å². The molecule has 1 aromatic rings. The lowest BCUT2D eigenvalue weighted by molar-refractivity contribution is 0.531. The van der Waals surface area contributed by atoms with E-state index in [0.717, 1.165) is 6.42 Å². The molecular formula is C10H13NS. The van der Waals surface area contributed by atoms with E-state index in [4.69, 9.17) is 4.99 Å². The third-order valence-electron chi connectivity index (χ3n) is 2.42. The van der Waals surface area contributed by atoms with Crippen molar-refractivity contribution >= 4 is 17.4 Å². The first-order valence-corrected chi connectivity index (χ1v) is 5.32. The van der Waals surface area contributed by atoms with Crippen molar-refractivity contribution in [1.82, 2.24) is 0 Å². The Morgan fingerprint density at radius 3 is 3.17 bits per heavy atom. The fraction of sp³-hybridized carbons (Fsp3) is 0.500. The van der Waals surface area contributed by atoms with Crippen molar-refractivity contribution in [1.29, 1.82) is 0 Å². The summed E-state index contributed by atoms with van der Waals surface area (Å²) in [4.78, 5) is 4.69. The third-order valence-corrected chi connectivity index (χ3v) is 3.26. The molecule has 0 radical (unpaired) electrons. The molecule has 0 amide bonds. The van der Waals surface area contributed by atoms with E-state index in [2.05, 4.69) is 31.4 Å². The lowest BCUT2D eigenvalue weighted by atomic mass is 9.98. The number of hydrogen-bond donors (Lipinski definition) is 0. The minimum Gasteiger partial charge on any atom is -0.270 e. The van der Waals surface area contributed by atoms with E-state index in [1.807, 2.05) is 0 Å². The van der Waals surface area contributed by atoms with Crippen molar-refractivity contribution in [2.45, 2.75) is 26.3 Å². The van der Waals surface area contributed by atoms with Crippen molar-refractivity contribution in [2.75, 3.05) is 0 Å². The summed E-state index contributed by atoms with van der Waals surface area (Å²) in [7, 11) is 0. The molecule has 64 valence electrons. The molecule has 0 bridgehead atoms. The average molecular weight is 179 g/mol. The molecule has 0 saturated carbocycles. The largest absolute Gasteiger partial charge is 0.270 e. The van der Waals surface area contributed by atoms with Crippen LogP contribution < -0.4 is 9.89 Å². The van der Waals surface area contributed by atoms with Crippen LogP contribution in [-0.4, -0.2) is 6.04 Å². The van der Waals surface area contributed by atoms with Gasteiger partial charge in [0.1, 0.15) is 4.67 Å². The Kier molecular flexibility index (Phi) is 2.01. The summed E-state index contributed by atoms with van der Waals surface area (Å²) >= 11 is 1.75. The maximum Gasteiger partial charge on any atom is 0.117 e. The van der Waals surface area contributed by atoms with E-state index >= 15 is 0 Å². The van der Waals surface area contributed by atoms with Crippen LogP contribution in [0.5, 0.6) is 0 Å². The molecule has 2 unspecified atom stereocenters. The van der Waals surface area contributed by atoms with Gasteiger partial charge in [0.15, 0.2) is 0 Å². The van der Waals surface area contributed by atoms with Crippen LogP contribution in [0.15, 0.2) is 16.4 Å². The van der Waals surface area contributed by atoms with Gasteiger partial charge in [-0.25, -0.2) is 0 Å². The molecule has 1 aliphatic heterocycles. The molecule has 0 N–H and O–H groups in total. The van der Waals surface area contributed by atoms with E-state index in [9.17, 15) is 0 Å². The SMILES string of the molecule is CCC1N=c2sccc2=CC1C. The van der Waals surface area contributed by atoms with E-state index in [0.29, 0.717) is 12.0 Å². The highest BCUT2D eigenvalue weighted by molar-refractivity contribution is 7.07. The summed E-state index contributed by atoms with van der Waals surface area (Å²) in [6.07, 6.45) is 3.49. The zero-order chi connectivity index (χ0) is 8.55. The molecular weight excluding hydrogens is 166 g/mol. The van der Waals surface area contributed by atoms with Gasteiger partial charge < -0.3 is 0 Å². The highest BCUT2D eigenvalue weighted by Crippen LogP contribution is 2.13. The molecule has 2 atom stereocenters. The number of nitrogens with zero attached hydrogens (tertiary/aromatic N) is 1. The smallest absolute Gasteiger partial charge is 0.117 e. The van der Waals surface area contributed by atoms with Gasteiger partial charge in [-0.05, 0) is 23.8 Å². The Morgan fingerprint density at radius 2 is 2.42 bits per heavy atom. The molecule has 0 aromatic carbocycles. The summed E-state index contributed by atoms with van der Waals surface area (Å²) in [6.45, 7) is 4.45. The minimum atomic E-state index is 0.510. The molecule has 2 heterocycles. The Hall–Kier alpha value is -0.630. The van der Waals surface area contributed by atoms with Crippen LogP contribution in [0.2, 0.25) is 0 Å². The third kappa shape index (κ3) is 1.20. The average Bonchev–Trinajstić information content (AvgIpc) is 2.49. The van der Waals surface area contributed by atoms with Crippen LogP contribution in [0.3, 0.4) is 0 Å². The van der Waals surface area contributed by atoms with Crippen molar-refractivity contribution in [3.8, 4) is 0 Å². The molecule has 1 nitrogen and oxygen atoms in total. The van der Waals surface area contributed by atoms with Gasteiger partial charge in [-0.3, -0.25) is 4.99 Å². The van der Waals surface area contributed by atoms with Gasteiger partial charge in [0.25, 0.3) is 0 Å². The summed E-state index contributed by atoms with van der Waals surface area (Å²) in [5, 5.41) is 3.45. The number of thiophene rings is 1. The van der Waals surface area contributed by atoms with Crippen LogP contribution in [0.4, 0.5) is 0 Å². The summed E-state index contributed by atoms with van der Waals surface area (Å²) < 4.78 is 1.22. The maximum absolute atomic E-state index is 4.69. The predicted molar refractivity (Wildman–Crippen MR) is 52.8 cm³/mol. The van der Waals surface area contributed by atoms with Crippen LogP contribution in [-0.2, 0) is 0 Å². The normalized spacial score (nSPS) is 27.2. The van der Waals surface area contributed by atoms with Crippen molar-refractivity contribution in [2.24, 2.45) is 10.9 Å². The lowest BCUT2D eigenvalue weighted by Crippen LogP contribution is -2.30. The predicted octanol–water partition coefficient (Wildman–Crippen LogP) is 1.58. The van der Waals surface area contributed by atoms with Crippen LogP contribution in [0.1, 0.15) is 20.3 Å². The van der Waals surface area contributed by atoms with Gasteiger partial charge in [0.05, 0.1) is 6.04 Å². The highest BCUT2D eigenvalue weighted by atomic mass is 32.1. The number of fused-ring (bicyclic) bond motifs is 1. The standard InChI is InChI=1S/C10H13NS/c1-3-9-7(2)6-8-4-5-12-10(8)11-9/h4-7,9H,3H2,1-2H3. The van der Waals surface area contributed by atoms with Crippen LogP contribution in [0.25, 0.3) is 6.08 Å². The fourth-order valence-electron chi connectivity index (χ4n) is 1.67. The number of rotatable bonds is 1. The first-order chi connectivity index (χ1) is 5.81. The summed E-state index contributed by atoms with van der Waals surface area (Å²) in [6, 6.07) is 2.67. The second-order valence-electron chi connectivity index (χ2n) is 3.31. The molecule has 0 aliphatic carbocycles. The Labute approximate surface area is 76.5 Å². The van der Waals surface area contributed by atoms with E-state index in [1.165, 1.54) is 9.89 Å². The van der Waals surface area contributed by atoms with E-state index < -0.39 is 0 Å². The van der Waals surface area contributed by atoms with Gasteiger partial charge in [-0.15, -0.1) is 11.3 Å². The zero-order valence-electron chi connectivity index (χ0n) is 7.45. The highest BCUT2D eigenvalue weighted by Gasteiger charge is 2.14. The van der Waals surface area contributed by atoms with Gasteiger partial charge in [0, 0.05) is 5.22 Å². The quantitative estimate of drug-likeness (QED) is 0.620. The number of hydrogen-bond acceptors (Lipinski definition) is 2. The maximum atomic E-state index is 4.69. The molecule has 0 spiro atoms. The Balaban J connectivity index is 2.55. The zero-order valence-corrected chi connectivity index (χ0v) is 8.27. The summed E-state index contributed by atoms with van der Waals surface area (Å²) in [5.41, 5.74) is 0. The van der Waals surface area contributed by atoms with Gasteiger partial charge >= 0.3 is 0 Å². The lowest BCUT2D eigenvalue weighted by Gasteiger charge is -2.16. The Morgan fingerprint density at radius 1 is 1.58 bits per heavy atom. The van der Waals surface area contributed by atoms with Crippen LogP contribution in [0, 0.1) is 5.92 Å². The first kappa shape index (κ1) is 7.99.